The second-order valence-electron chi connectivity index (χ2n) is 8.61. The highest BCUT2D eigenvalue weighted by atomic mass is 19.4. The molecule has 0 unspecified atom stereocenters. The van der Waals surface area contributed by atoms with Gasteiger partial charge in [-0.05, 0) is 55.3 Å². The number of anilines is 2. The molecule has 2 aromatic carbocycles. The molecule has 5 nitrogen and oxygen atoms in total. The van der Waals surface area contributed by atoms with Gasteiger partial charge in [-0.25, -0.2) is 0 Å². The molecule has 2 saturated heterocycles. The van der Waals surface area contributed by atoms with Crippen molar-refractivity contribution >= 4 is 23.2 Å². The molecular weight excluding hydrogens is 419 g/mol. The molecule has 0 spiro atoms. The lowest BCUT2D eigenvalue weighted by Crippen LogP contribution is -2.50. The molecule has 32 heavy (non-hydrogen) atoms. The van der Waals surface area contributed by atoms with Gasteiger partial charge in [0, 0.05) is 50.5 Å². The Morgan fingerprint density at radius 1 is 0.938 bits per heavy atom. The molecule has 2 aliphatic heterocycles. The van der Waals surface area contributed by atoms with Crippen LogP contribution in [0.3, 0.4) is 0 Å². The number of carbonyl (C=O) groups excluding carboxylic acids is 2. The number of hydrogen-bond acceptors (Lipinski definition) is 3. The average molecular weight is 445 g/mol. The Kier molecular flexibility index (Phi) is 5.88. The molecule has 0 aliphatic carbocycles. The van der Waals surface area contributed by atoms with Gasteiger partial charge < -0.3 is 14.7 Å². The van der Waals surface area contributed by atoms with Crippen LogP contribution in [0.1, 0.15) is 23.1 Å². The van der Waals surface area contributed by atoms with Crippen LogP contribution in [-0.2, 0) is 15.8 Å². The van der Waals surface area contributed by atoms with E-state index < -0.39 is 17.7 Å². The van der Waals surface area contributed by atoms with Gasteiger partial charge in [0.1, 0.15) is 0 Å². The van der Waals surface area contributed by atoms with E-state index in [1.807, 2.05) is 36.9 Å². The van der Waals surface area contributed by atoms with Crippen LogP contribution in [0.25, 0.3) is 0 Å². The molecule has 4 rings (SSSR count). The molecule has 170 valence electrons. The zero-order valence-electron chi connectivity index (χ0n) is 18.2. The largest absolute Gasteiger partial charge is 0.416 e. The van der Waals surface area contributed by atoms with Gasteiger partial charge >= 0.3 is 6.18 Å². The smallest absolute Gasteiger partial charge is 0.368 e. The van der Waals surface area contributed by atoms with E-state index in [-0.39, 0.29) is 18.2 Å². The van der Waals surface area contributed by atoms with Crippen molar-refractivity contribution in [2.45, 2.75) is 26.4 Å². The van der Waals surface area contributed by atoms with Crippen molar-refractivity contribution in [3.05, 3.63) is 59.2 Å². The van der Waals surface area contributed by atoms with E-state index in [0.717, 1.165) is 28.9 Å². The third-order valence-electron chi connectivity index (χ3n) is 6.12. The molecule has 0 saturated carbocycles. The fraction of sp³-hybridized carbons (Fsp3) is 0.417. The van der Waals surface area contributed by atoms with Gasteiger partial charge in [0.15, 0.2) is 0 Å². The lowest BCUT2D eigenvalue weighted by Gasteiger charge is -2.37. The second kappa shape index (κ2) is 8.48. The van der Waals surface area contributed by atoms with Crippen LogP contribution in [0.4, 0.5) is 24.5 Å². The zero-order chi connectivity index (χ0) is 23.0. The molecule has 1 atom stereocenters. The first-order valence-corrected chi connectivity index (χ1v) is 10.7. The topological polar surface area (TPSA) is 43.9 Å². The van der Waals surface area contributed by atoms with Crippen LogP contribution in [0, 0.1) is 19.8 Å². The number of benzene rings is 2. The minimum Gasteiger partial charge on any atom is -0.368 e. The van der Waals surface area contributed by atoms with E-state index in [2.05, 4.69) is 0 Å². The summed E-state index contributed by atoms with van der Waals surface area (Å²) in [4.78, 5) is 30.9. The zero-order valence-corrected chi connectivity index (χ0v) is 18.2. The molecular formula is C24H26F3N3O2. The molecule has 2 heterocycles. The molecule has 0 bridgehead atoms. The van der Waals surface area contributed by atoms with Gasteiger partial charge in [-0.15, -0.1) is 0 Å². The van der Waals surface area contributed by atoms with E-state index in [0.29, 0.717) is 38.4 Å². The third kappa shape index (κ3) is 4.59. The van der Waals surface area contributed by atoms with Crippen molar-refractivity contribution in [1.29, 1.82) is 0 Å². The minimum atomic E-state index is -4.38. The highest BCUT2D eigenvalue weighted by Gasteiger charge is 2.38. The van der Waals surface area contributed by atoms with E-state index in [4.69, 9.17) is 0 Å². The van der Waals surface area contributed by atoms with Crippen LogP contribution in [0.5, 0.6) is 0 Å². The number of hydrogen-bond donors (Lipinski definition) is 0. The Bertz CT molecular complexity index is 1010. The summed E-state index contributed by atoms with van der Waals surface area (Å²) in [6, 6.07) is 11.2. The van der Waals surface area contributed by atoms with E-state index in [1.54, 1.807) is 15.9 Å². The standard InChI is InChI=1S/C24H26F3N3O2/c1-16-10-17(2)12-21(11-16)30-15-18(13-22(30)31)23(32)29-8-6-28(7-9-29)20-5-3-4-19(14-20)24(25,26)27/h3-5,10-12,14,18H,6-9,13,15H2,1-2H3/t18-/m1/s1. The predicted octanol–water partition coefficient (Wildman–Crippen LogP) is 4.02. The first-order valence-electron chi connectivity index (χ1n) is 10.7. The molecule has 8 heteroatoms. The third-order valence-corrected chi connectivity index (χ3v) is 6.12. The maximum absolute atomic E-state index is 13.1. The Balaban J connectivity index is 1.38. The number of nitrogens with zero attached hydrogens (tertiary/aromatic N) is 3. The summed E-state index contributed by atoms with van der Waals surface area (Å²) >= 11 is 0. The Morgan fingerprint density at radius 3 is 2.22 bits per heavy atom. The monoisotopic (exact) mass is 445 g/mol. The molecule has 2 amide bonds. The summed E-state index contributed by atoms with van der Waals surface area (Å²) in [7, 11) is 0. The number of carbonyl (C=O) groups is 2. The maximum Gasteiger partial charge on any atom is 0.416 e. The van der Waals surface area contributed by atoms with Crippen LogP contribution in [-0.4, -0.2) is 49.4 Å². The molecule has 0 radical (unpaired) electrons. The Labute approximate surface area is 185 Å². The number of aryl methyl sites for hydroxylation is 2. The number of alkyl halides is 3. The summed E-state index contributed by atoms with van der Waals surface area (Å²) < 4.78 is 39.0. The van der Waals surface area contributed by atoms with Gasteiger partial charge in [0.2, 0.25) is 11.8 Å². The van der Waals surface area contributed by atoms with Crippen molar-refractivity contribution in [2.24, 2.45) is 5.92 Å². The molecule has 0 aromatic heterocycles. The fourth-order valence-electron chi connectivity index (χ4n) is 4.55. The summed E-state index contributed by atoms with van der Waals surface area (Å²) in [6.07, 6.45) is -4.20. The van der Waals surface area contributed by atoms with Gasteiger partial charge in [0.25, 0.3) is 0 Å². The van der Waals surface area contributed by atoms with Crippen LogP contribution in [0.15, 0.2) is 42.5 Å². The number of piperazine rings is 1. The van der Waals surface area contributed by atoms with Crippen LogP contribution in [0.2, 0.25) is 0 Å². The second-order valence-corrected chi connectivity index (χ2v) is 8.61. The minimum absolute atomic E-state index is 0.0593. The summed E-state index contributed by atoms with van der Waals surface area (Å²) in [5.41, 5.74) is 2.77. The van der Waals surface area contributed by atoms with E-state index >= 15 is 0 Å². The van der Waals surface area contributed by atoms with E-state index in [1.165, 1.54) is 6.07 Å². The predicted molar refractivity (Wildman–Crippen MR) is 117 cm³/mol. The number of halogens is 3. The van der Waals surface area contributed by atoms with Crippen molar-refractivity contribution < 1.29 is 22.8 Å². The van der Waals surface area contributed by atoms with Crippen molar-refractivity contribution in [1.82, 2.24) is 4.90 Å². The summed E-state index contributed by atoms with van der Waals surface area (Å²) in [5, 5.41) is 0. The van der Waals surface area contributed by atoms with E-state index in [9.17, 15) is 22.8 Å². The Morgan fingerprint density at radius 2 is 1.59 bits per heavy atom. The lowest BCUT2D eigenvalue weighted by atomic mass is 10.1. The molecule has 2 aromatic rings. The summed E-state index contributed by atoms with van der Waals surface area (Å²) in [5.74, 6) is -0.520. The normalized spacial score (nSPS) is 19.6. The van der Waals surface area contributed by atoms with Gasteiger partial charge in [-0.1, -0.05) is 12.1 Å². The molecule has 2 fully saturated rings. The van der Waals surface area contributed by atoms with Crippen molar-refractivity contribution in [2.75, 3.05) is 42.5 Å². The fourth-order valence-corrected chi connectivity index (χ4v) is 4.55. The van der Waals surface area contributed by atoms with Gasteiger partial charge in [0.05, 0.1) is 11.5 Å². The Hall–Kier alpha value is -3.03. The molecule has 0 N–H and O–H groups in total. The average Bonchev–Trinajstić information content (AvgIpc) is 3.14. The number of amides is 2. The molecule has 2 aliphatic rings. The van der Waals surface area contributed by atoms with Crippen LogP contribution >= 0.6 is 0 Å². The van der Waals surface area contributed by atoms with Crippen molar-refractivity contribution in [3.8, 4) is 0 Å². The quantitative estimate of drug-likeness (QED) is 0.717. The van der Waals surface area contributed by atoms with Gasteiger partial charge in [-0.2, -0.15) is 13.2 Å². The maximum atomic E-state index is 13.1. The first kappa shape index (κ1) is 22.2. The first-order chi connectivity index (χ1) is 15.1. The van der Waals surface area contributed by atoms with Crippen LogP contribution < -0.4 is 9.80 Å². The highest BCUT2D eigenvalue weighted by Crippen LogP contribution is 2.32. The SMILES string of the molecule is Cc1cc(C)cc(N2C[C@H](C(=O)N3CCN(c4cccc(C(F)(F)F)c4)CC3)CC2=O)c1. The highest BCUT2D eigenvalue weighted by molar-refractivity contribution is 6.00. The van der Waals surface area contributed by atoms with Crippen molar-refractivity contribution in [3.63, 3.8) is 0 Å². The number of rotatable bonds is 3. The van der Waals surface area contributed by atoms with Gasteiger partial charge in [-0.3, -0.25) is 9.59 Å². The summed E-state index contributed by atoms with van der Waals surface area (Å²) in [6.45, 7) is 6.05. The lowest BCUT2D eigenvalue weighted by molar-refractivity contribution is -0.137.